The van der Waals surface area contributed by atoms with E-state index in [2.05, 4.69) is 21.3 Å². The van der Waals surface area contributed by atoms with Crippen LogP contribution in [0.1, 0.15) is 5.56 Å². The molecule has 0 saturated carbocycles. The fourth-order valence-electron chi connectivity index (χ4n) is 1.84. The predicted molar refractivity (Wildman–Crippen MR) is 66.6 cm³/mol. The number of carbonyl (C=O) groups is 1. The third kappa shape index (κ3) is 3.17. The first kappa shape index (κ1) is 11.9. The van der Waals surface area contributed by atoms with Crippen molar-refractivity contribution >= 4 is 17.9 Å². The Morgan fingerprint density at radius 2 is 2.24 bits per heavy atom. The van der Waals surface area contributed by atoms with Crippen molar-refractivity contribution < 1.29 is 9.53 Å². The molecular formula is C12H17N3O2. The SMILES string of the molecule is Cc1cc(NCC=O)nc(N2CCOCC2)c1. The molecule has 5 heteroatoms. The third-order valence-corrected chi connectivity index (χ3v) is 2.66. The first-order valence-electron chi connectivity index (χ1n) is 5.78. The number of morpholine rings is 1. The maximum absolute atomic E-state index is 10.3. The third-order valence-electron chi connectivity index (χ3n) is 2.66. The lowest BCUT2D eigenvalue weighted by Crippen LogP contribution is -2.36. The van der Waals surface area contributed by atoms with Crippen molar-refractivity contribution in [2.45, 2.75) is 6.92 Å². The Kier molecular flexibility index (Phi) is 3.93. The summed E-state index contributed by atoms with van der Waals surface area (Å²) < 4.78 is 5.32. The average molecular weight is 235 g/mol. The molecule has 0 spiro atoms. The van der Waals surface area contributed by atoms with Gasteiger partial charge in [-0.15, -0.1) is 0 Å². The van der Waals surface area contributed by atoms with Gasteiger partial charge >= 0.3 is 0 Å². The molecule has 0 amide bonds. The van der Waals surface area contributed by atoms with E-state index in [4.69, 9.17) is 4.74 Å². The summed E-state index contributed by atoms with van der Waals surface area (Å²) in [5.74, 6) is 1.69. The van der Waals surface area contributed by atoms with Gasteiger partial charge in [-0.3, -0.25) is 0 Å². The van der Waals surface area contributed by atoms with Gasteiger partial charge in [-0.05, 0) is 24.6 Å². The summed E-state index contributed by atoms with van der Waals surface area (Å²) in [6.45, 7) is 5.53. The van der Waals surface area contributed by atoms with Gasteiger partial charge in [-0.1, -0.05) is 0 Å². The van der Waals surface area contributed by atoms with Gasteiger partial charge < -0.3 is 19.7 Å². The normalized spacial score (nSPS) is 15.7. The molecule has 0 aliphatic carbocycles. The molecule has 0 radical (unpaired) electrons. The summed E-state index contributed by atoms with van der Waals surface area (Å²) in [5, 5.41) is 2.98. The molecule has 0 atom stereocenters. The van der Waals surface area contributed by atoms with Gasteiger partial charge in [-0.2, -0.15) is 0 Å². The molecule has 1 N–H and O–H groups in total. The molecule has 17 heavy (non-hydrogen) atoms. The number of rotatable bonds is 4. The molecule has 0 unspecified atom stereocenters. The molecular weight excluding hydrogens is 218 g/mol. The second-order valence-electron chi connectivity index (χ2n) is 4.03. The van der Waals surface area contributed by atoms with Gasteiger partial charge in [0.25, 0.3) is 0 Å². The molecule has 1 saturated heterocycles. The summed E-state index contributed by atoms with van der Waals surface area (Å²) >= 11 is 0. The minimum atomic E-state index is 0.291. The first-order valence-corrected chi connectivity index (χ1v) is 5.78. The second kappa shape index (κ2) is 5.63. The van der Waals surface area contributed by atoms with Crippen molar-refractivity contribution in [1.29, 1.82) is 0 Å². The fourth-order valence-corrected chi connectivity index (χ4v) is 1.84. The second-order valence-corrected chi connectivity index (χ2v) is 4.03. The van der Waals surface area contributed by atoms with Crippen LogP contribution >= 0.6 is 0 Å². The molecule has 1 aromatic rings. The number of aldehydes is 1. The topological polar surface area (TPSA) is 54.5 Å². The average Bonchev–Trinajstić information content (AvgIpc) is 2.37. The largest absolute Gasteiger partial charge is 0.378 e. The van der Waals surface area contributed by atoms with Crippen molar-refractivity contribution in [3.05, 3.63) is 17.7 Å². The van der Waals surface area contributed by atoms with Gasteiger partial charge in [0.2, 0.25) is 0 Å². The Labute approximate surface area is 101 Å². The highest BCUT2D eigenvalue weighted by atomic mass is 16.5. The first-order chi connectivity index (χ1) is 8.29. The number of aromatic nitrogens is 1. The monoisotopic (exact) mass is 235 g/mol. The van der Waals surface area contributed by atoms with Crippen LogP contribution in [0.3, 0.4) is 0 Å². The summed E-state index contributed by atoms with van der Waals surface area (Å²) in [5.41, 5.74) is 1.13. The van der Waals surface area contributed by atoms with Crippen molar-refractivity contribution in [1.82, 2.24) is 4.98 Å². The number of ether oxygens (including phenoxy) is 1. The minimum Gasteiger partial charge on any atom is -0.378 e. The molecule has 1 aliphatic rings. The van der Waals surface area contributed by atoms with Crippen molar-refractivity contribution in [2.24, 2.45) is 0 Å². The molecule has 0 bridgehead atoms. The van der Waals surface area contributed by atoms with Gasteiger partial charge in [0.05, 0.1) is 19.8 Å². The number of hydrogen-bond acceptors (Lipinski definition) is 5. The molecule has 1 aromatic heterocycles. The van der Waals surface area contributed by atoms with Crippen molar-refractivity contribution in [3.8, 4) is 0 Å². The molecule has 1 aliphatic heterocycles. The van der Waals surface area contributed by atoms with Gasteiger partial charge in [0.1, 0.15) is 17.9 Å². The zero-order valence-corrected chi connectivity index (χ0v) is 9.98. The highest BCUT2D eigenvalue weighted by Crippen LogP contribution is 2.18. The minimum absolute atomic E-state index is 0.291. The number of aryl methyl sites for hydroxylation is 1. The van der Waals surface area contributed by atoms with E-state index in [1.165, 1.54) is 0 Å². The smallest absolute Gasteiger partial charge is 0.139 e. The number of nitrogens with one attached hydrogen (secondary N) is 1. The van der Waals surface area contributed by atoms with Crippen LogP contribution in [0, 0.1) is 6.92 Å². The molecule has 5 nitrogen and oxygen atoms in total. The Hall–Kier alpha value is -1.62. The highest BCUT2D eigenvalue weighted by molar-refractivity contribution is 5.59. The standard InChI is InChI=1S/C12H17N3O2/c1-10-8-11(13-2-5-16)14-12(9-10)15-3-6-17-7-4-15/h5,8-9H,2-4,6-7H2,1H3,(H,13,14). The van der Waals surface area contributed by atoms with E-state index in [1.807, 2.05) is 13.0 Å². The van der Waals surface area contributed by atoms with Crippen molar-refractivity contribution in [2.75, 3.05) is 43.1 Å². The van der Waals surface area contributed by atoms with Crippen LogP contribution in [0.15, 0.2) is 12.1 Å². The van der Waals surface area contributed by atoms with E-state index in [-0.39, 0.29) is 0 Å². The summed E-state index contributed by atoms with van der Waals surface area (Å²) in [7, 11) is 0. The van der Waals surface area contributed by atoms with Crippen molar-refractivity contribution in [3.63, 3.8) is 0 Å². The predicted octanol–water partition coefficient (Wildman–Crippen LogP) is 0.837. The van der Waals surface area contributed by atoms with Crippen LogP contribution in [0.25, 0.3) is 0 Å². The van der Waals surface area contributed by atoms with Crippen LogP contribution in [0.2, 0.25) is 0 Å². The van der Waals surface area contributed by atoms with Gasteiger partial charge in [0.15, 0.2) is 0 Å². The lowest BCUT2D eigenvalue weighted by atomic mass is 10.2. The van der Waals surface area contributed by atoms with E-state index in [0.717, 1.165) is 49.8 Å². The summed E-state index contributed by atoms with van der Waals surface area (Å²) in [6, 6.07) is 3.99. The fraction of sp³-hybridized carbons (Fsp3) is 0.500. The molecule has 92 valence electrons. The Balaban J connectivity index is 2.14. The zero-order chi connectivity index (χ0) is 12.1. The van der Waals surface area contributed by atoms with Crippen LogP contribution < -0.4 is 10.2 Å². The van der Waals surface area contributed by atoms with E-state index in [9.17, 15) is 4.79 Å². The summed E-state index contributed by atoms with van der Waals surface area (Å²) in [6.07, 6.45) is 0.832. The number of hydrogen-bond donors (Lipinski definition) is 1. The molecule has 2 heterocycles. The summed E-state index contributed by atoms with van der Waals surface area (Å²) in [4.78, 5) is 17.0. The van der Waals surface area contributed by atoms with Crippen LogP contribution in [-0.2, 0) is 9.53 Å². The Morgan fingerprint density at radius 3 is 2.94 bits per heavy atom. The van der Waals surface area contributed by atoms with Crippen LogP contribution in [0.5, 0.6) is 0 Å². The van der Waals surface area contributed by atoms with Gasteiger partial charge in [-0.25, -0.2) is 4.98 Å². The highest BCUT2D eigenvalue weighted by Gasteiger charge is 2.13. The molecule has 2 rings (SSSR count). The Morgan fingerprint density at radius 1 is 1.47 bits per heavy atom. The lowest BCUT2D eigenvalue weighted by Gasteiger charge is -2.28. The zero-order valence-electron chi connectivity index (χ0n) is 9.98. The lowest BCUT2D eigenvalue weighted by molar-refractivity contribution is -0.106. The number of anilines is 2. The number of carbonyl (C=O) groups excluding carboxylic acids is 1. The van der Waals surface area contributed by atoms with E-state index in [0.29, 0.717) is 6.54 Å². The quantitative estimate of drug-likeness (QED) is 0.784. The van der Waals surface area contributed by atoms with E-state index < -0.39 is 0 Å². The Bertz CT molecular complexity index is 389. The van der Waals surface area contributed by atoms with Crippen LogP contribution in [0.4, 0.5) is 11.6 Å². The van der Waals surface area contributed by atoms with E-state index >= 15 is 0 Å². The maximum atomic E-state index is 10.3. The molecule has 0 aromatic carbocycles. The number of pyridine rings is 1. The van der Waals surface area contributed by atoms with E-state index in [1.54, 1.807) is 0 Å². The number of nitrogens with zero attached hydrogens (tertiary/aromatic N) is 2. The molecule has 1 fully saturated rings. The maximum Gasteiger partial charge on any atom is 0.139 e. The van der Waals surface area contributed by atoms with Crippen LogP contribution in [-0.4, -0.2) is 44.1 Å². The van der Waals surface area contributed by atoms with Gasteiger partial charge in [0, 0.05) is 13.1 Å².